The molecule has 0 bridgehead atoms. The second-order valence-corrected chi connectivity index (χ2v) is 4.64. The van der Waals surface area contributed by atoms with E-state index in [1.54, 1.807) is 12.1 Å². The third kappa shape index (κ3) is 4.41. The second kappa shape index (κ2) is 7.37. The molecule has 0 radical (unpaired) electrons. The van der Waals surface area contributed by atoms with Crippen LogP contribution in [0.15, 0.2) is 18.2 Å². The molecular weight excluding hydrogens is 267 g/mol. The predicted molar refractivity (Wildman–Crippen MR) is 73.1 cm³/mol. The van der Waals surface area contributed by atoms with Crippen molar-refractivity contribution >= 4 is 11.6 Å². The molecule has 1 fully saturated rings. The van der Waals surface area contributed by atoms with Gasteiger partial charge in [0.1, 0.15) is 18.2 Å². The summed E-state index contributed by atoms with van der Waals surface area (Å²) in [4.78, 5) is 0. The minimum Gasteiger partial charge on any atom is -0.491 e. The van der Waals surface area contributed by atoms with Gasteiger partial charge in [0.15, 0.2) is 0 Å². The Kier molecular flexibility index (Phi) is 5.50. The molecule has 2 rings (SSSR count). The average molecular weight is 283 g/mol. The molecule has 4 heteroatoms. The maximum atomic E-state index is 13.7. The van der Waals surface area contributed by atoms with Gasteiger partial charge in [-0.1, -0.05) is 11.8 Å². The van der Waals surface area contributed by atoms with Crippen molar-refractivity contribution in [3.8, 4) is 17.6 Å². The van der Waals surface area contributed by atoms with Crippen molar-refractivity contribution in [3.63, 3.8) is 0 Å². The van der Waals surface area contributed by atoms with Crippen molar-refractivity contribution < 1.29 is 13.9 Å². The van der Waals surface area contributed by atoms with Gasteiger partial charge in [-0.05, 0) is 31.4 Å². The van der Waals surface area contributed by atoms with E-state index in [2.05, 4.69) is 11.8 Å². The smallest absolute Gasteiger partial charge is 0.142 e. The fourth-order valence-electron chi connectivity index (χ4n) is 1.94. The van der Waals surface area contributed by atoms with Crippen LogP contribution >= 0.6 is 11.6 Å². The molecule has 19 heavy (non-hydrogen) atoms. The van der Waals surface area contributed by atoms with Gasteiger partial charge in [0, 0.05) is 12.7 Å². The number of hydrogen-bond acceptors (Lipinski definition) is 2. The molecule has 0 spiro atoms. The van der Waals surface area contributed by atoms with E-state index in [1.807, 2.05) is 0 Å². The zero-order valence-corrected chi connectivity index (χ0v) is 11.4. The van der Waals surface area contributed by atoms with Gasteiger partial charge in [0.25, 0.3) is 0 Å². The van der Waals surface area contributed by atoms with Crippen molar-refractivity contribution in [2.45, 2.75) is 25.4 Å². The van der Waals surface area contributed by atoms with Crippen LogP contribution in [0, 0.1) is 17.7 Å². The van der Waals surface area contributed by atoms with E-state index in [-0.39, 0.29) is 17.8 Å². The highest BCUT2D eigenvalue weighted by atomic mass is 35.5. The van der Waals surface area contributed by atoms with E-state index in [0.29, 0.717) is 17.9 Å². The quantitative estimate of drug-likeness (QED) is 0.625. The average Bonchev–Trinajstić information content (AvgIpc) is 2.45. The van der Waals surface area contributed by atoms with Crippen LogP contribution in [0.25, 0.3) is 0 Å². The molecule has 2 nitrogen and oxygen atoms in total. The summed E-state index contributed by atoms with van der Waals surface area (Å²) in [6, 6.07) is 4.66. The van der Waals surface area contributed by atoms with Crippen molar-refractivity contribution in [2.24, 2.45) is 0 Å². The molecule has 0 saturated carbocycles. The number of halogens is 2. The molecule has 1 aliphatic rings. The Bertz CT molecular complexity index is 473. The van der Waals surface area contributed by atoms with Crippen LogP contribution in [-0.2, 0) is 4.74 Å². The molecule has 1 aromatic rings. The molecule has 0 aromatic heterocycles. The van der Waals surface area contributed by atoms with Gasteiger partial charge in [-0.3, -0.25) is 0 Å². The van der Waals surface area contributed by atoms with Crippen molar-refractivity contribution in [2.75, 3.05) is 19.1 Å². The van der Waals surface area contributed by atoms with Crippen LogP contribution in [0.1, 0.15) is 24.8 Å². The molecule has 0 amide bonds. The van der Waals surface area contributed by atoms with Crippen LogP contribution in [0.5, 0.6) is 5.75 Å². The van der Waals surface area contributed by atoms with Crippen LogP contribution in [0.2, 0.25) is 0 Å². The molecule has 1 atom stereocenters. The summed E-state index contributed by atoms with van der Waals surface area (Å²) >= 11 is 5.44. The lowest BCUT2D eigenvalue weighted by atomic mass is 10.1. The Hall–Kier alpha value is -1.24. The summed E-state index contributed by atoms with van der Waals surface area (Å²) in [5.74, 6) is 5.59. The third-order valence-corrected chi connectivity index (χ3v) is 3.07. The van der Waals surface area contributed by atoms with Crippen LogP contribution in [0.4, 0.5) is 4.39 Å². The van der Waals surface area contributed by atoms with E-state index < -0.39 is 0 Å². The van der Waals surface area contributed by atoms with Crippen LogP contribution in [0.3, 0.4) is 0 Å². The Labute approximate surface area is 117 Å². The van der Waals surface area contributed by atoms with Crippen LogP contribution < -0.4 is 4.74 Å². The summed E-state index contributed by atoms with van der Waals surface area (Å²) in [6.45, 7) is 1.25. The fraction of sp³-hybridized carbons (Fsp3) is 0.467. The molecule has 1 aromatic carbocycles. The Morgan fingerprint density at radius 2 is 2.32 bits per heavy atom. The van der Waals surface area contributed by atoms with Crippen LogP contribution in [-0.4, -0.2) is 25.2 Å². The Balaban J connectivity index is 1.92. The summed E-state index contributed by atoms with van der Waals surface area (Å²) < 4.78 is 24.8. The lowest BCUT2D eigenvalue weighted by Crippen LogP contribution is -2.25. The first-order valence-corrected chi connectivity index (χ1v) is 6.92. The topological polar surface area (TPSA) is 18.5 Å². The van der Waals surface area contributed by atoms with Crippen molar-refractivity contribution in [1.82, 2.24) is 0 Å². The summed E-state index contributed by atoms with van der Waals surface area (Å²) in [7, 11) is 0. The zero-order chi connectivity index (χ0) is 13.5. The van der Waals surface area contributed by atoms with E-state index in [1.165, 1.54) is 6.07 Å². The normalized spacial score (nSPS) is 18.5. The Morgan fingerprint density at radius 3 is 3.00 bits per heavy atom. The maximum Gasteiger partial charge on any atom is 0.142 e. The number of benzene rings is 1. The molecular formula is C15H16ClFO2. The molecule has 0 N–H and O–H groups in total. The molecule has 1 heterocycles. The van der Waals surface area contributed by atoms with E-state index in [9.17, 15) is 4.39 Å². The number of rotatable bonds is 3. The lowest BCUT2D eigenvalue weighted by molar-refractivity contribution is -0.0111. The lowest BCUT2D eigenvalue weighted by Gasteiger charge is -2.22. The first kappa shape index (κ1) is 14.2. The SMILES string of the molecule is Fc1cc(OCC2CCCCO2)ccc1C#CCCl. The second-order valence-electron chi connectivity index (χ2n) is 4.38. The third-order valence-electron chi connectivity index (χ3n) is 2.94. The van der Waals surface area contributed by atoms with Gasteiger partial charge >= 0.3 is 0 Å². The van der Waals surface area contributed by atoms with E-state index in [0.717, 1.165) is 25.9 Å². The van der Waals surface area contributed by atoms with Crippen molar-refractivity contribution in [3.05, 3.63) is 29.6 Å². The summed E-state index contributed by atoms with van der Waals surface area (Å²) in [6.07, 6.45) is 3.39. The number of ether oxygens (including phenoxy) is 2. The molecule has 102 valence electrons. The van der Waals surface area contributed by atoms with Gasteiger partial charge in [-0.15, -0.1) is 11.6 Å². The zero-order valence-electron chi connectivity index (χ0n) is 10.6. The largest absolute Gasteiger partial charge is 0.491 e. The standard InChI is InChI=1S/C15H16ClFO2/c16-8-3-4-12-6-7-13(10-15(12)17)19-11-14-5-1-2-9-18-14/h6-7,10,14H,1-2,5,8-9,11H2. The highest BCUT2D eigenvalue weighted by Crippen LogP contribution is 2.18. The minimum absolute atomic E-state index is 0.118. The van der Waals surface area contributed by atoms with Gasteiger partial charge < -0.3 is 9.47 Å². The highest BCUT2D eigenvalue weighted by molar-refractivity contribution is 6.19. The minimum atomic E-state index is -0.389. The summed E-state index contributed by atoms with van der Waals surface area (Å²) in [5, 5.41) is 0. The molecule has 1 aliphatic heterocycles. The van der Waals surface area contributed by atoms with E-state index >= 15 is 0 Å². The first-order valence-electron chi connectivity index (χ1n) is 6.38. The monoisotopic (exact) mass is 282 g/mol. The first-order chi connectivity index (χ1) is 9.29. The fourth-order valence-corrected chi connectivity index (χ4v) is 2.01. The molecule has 1 unspecified atom stereocenters. The summed E-state index contributed by atoms with van der Waals surface area (Å²) in [5.41, 5.74) is 0.335. The van der Waals surface area contributed by atoms with E-state index in [4.69, 9.17) is 21.1 Å². The highest BCUT2D eigenvalue weighted by Gasteiger charge is 2.14. The number of alkyl halides is 1. The van der Waals surface area contributed by atoms with Crippen molar-refractivity contribution in [1.29, 1.82) is 0 Å². The Morgan fingerprint density at radius 1 is 1.42 bits per heavy atom. The van der Waals surface area contributed by atoms with Gasteiger partial charge in [0.05, 0.1) is 17.5 Å². The molecule has 0 aliphatic carbocycles. The predicted octanol–water partition coefficient (Wildman–Crippen LogP) is 3.36. The number of hydrogen-bond donors (Lipinski definition) is 0. The van der Waals surface area contributed by atoms with Gasteiger partial charge in [-0.2, -0.15) is 0 Å². The molecule has 1 saturated heterocycles. The maximum absolute atomic E-state index is 13.7. The van der Waals surface area contributed by atoms with Gasteiger partial charge in [-0.25, -0.2) is 4.39 Å². The van der Waals surface area contributed by atoms with Gasteiger partial charge in [0.2, 0.25) is 0 Å².